The maximum absolute atomic E-state index is 7.17. The van der Waals surface area contributed by atoms with Crippen molar-refractivity contribution in [2.75, 3.05) is 4.90 Å². The Morgan fingerprint density at radius 2 is 1.45 bits per heavy atom. The zero-order valence-corrected chi connectivity index (χ0v) is 27.3. The Labute approximate surface area is 284 Å². The minimum Gasteiger partial charge on any atom is -0.479 e. The van der Waals surface area contributed by atoms with Crippen LogP contribution in [0.2, 0.25) is 0 Å². The quantitative estimate of drug-likeness (QED) is 0.193. The molecule has 0 N–H and O–H groups in total. The van der Waals surface area contributed by atoms with Gasteiger partial charge in [0.05, 0.1) is 22.4 Å². The van der Waals surface area contributed by atoms with Gasteiger partial charge in [0, 0.05) is 33.9 Å². The highest BCUT2D eigenvalue weighted by molar-refractivity contribution is 6.17. The number of anilines is 3. The van der Waals surface area contributed by atoms with Crippen LogP contribution >= 0.6 is 0 Å². The summed E-state index contributed by atoms with van der Waals surface area (Å²) in [6.07, 6.45) is 4.90. The van der Waals surface area contributed by atoms with Gasteiger partial charge >= 0.3 is 0 Å². The van der Waals surface area contributed by atoms with Crippen LogP contribution in [-0.2, 0) is 5.41 Å². The number of rotatable bonds is 4. The molecule has 0 saturated heterocycles. The lowest BCUT2D eigenvalue weighted by atomic mass is 9.82. The van der Waals surface area contributed by atoms with Crippen LogP contribution in [0.25, 0.3) is 49.8 Å². The summed E-state index contributed by atoms with van der Waals surface area (Å²) < 4.78 is 16.1. The van der Waals surface area contributed by atoms with E-state index in [1.165, 1.54) is 38.6 Å². The van der Waals surface area contributed by atoms with Crippen molar-refractivity contribution in [1.82, 2.24) is 4.57 Å². The van der Waals surface area contributed by atoms with E-state index < -0.39 is 0 Å². The van der Waals surface area contributed by atoms with Gasteiger partial charge in [0.1, 0.15) is 11.8 Å². The number of para-hydroxylation sites is 2. The standard InChI is InChI=1S/C45H32N2O2/c1-45(2)34-17-8-6-15-30(34)31-23-22-28(26-35(31)45)46(36-18-9-7-14-29(36)27-12-4-3-5-13-27)37-25-24-33-32-16-10-19-38-41(32)47-42(33)44(37)49-40-21-11-20-39(48-38)43(40)47/h3-20,22-26,40H,21H2,1-2H3. The summed E-state index contributed by atoms with van der Waals surface area (Å²) in [5, 5.41) is 2.35. The second-order valence-electron chi connectivity index (χ2n) is 14.0. The summed E-state index contributed by atoms with van der Waals surface area (Å²) in [6.45, 7) is 4.70. The first-order valence-electron chi connectivity index (χ1n) is 17.1. The van der Waals surface area contributed by atoms with Crippen LogP contribution in [0.3, 0.4) is 0 Å². The normalized spacial score (nSPS) is 17.2. The van der Waals surface area contributed by atoms with Crippen molar-refractivity contribution in [3.63, 3.8) is 0 Å². The second-order valence-corrected chi connectivity index (χ2v) is 14.0. The molecule has 1 atom stereocenters. The number of hydrogen-bond acceptors (Lipinski definition) is 3. The van der Waals surface area contributed by atoms with E-state index in [1.54, 1.807) is 0 Å². The van der Waals surface area contributed by atoms with E-state index in [0.717, 1.165) is 63.0 Å². The SMILES string of the molecule is CC1(C)c2ccccc2-c2ccc(N(c3ccccc3-c3ccccc3)c3ccc4c5cccc6c5n5c4c3OC3CC=CC(=C35)O6)cc21. The molecule has 1 aromatic heterocycles. The Hall–Kier alpha value is -6.00. The van der Waals surface area contributed by atoms with Crippen molar-refractivity contribution in [2.45, 2.75) is 31.8 Å². The molecule has 0 bridgehead atoms. The van der Waals surface area contributed by atoms with Gasteiger partial charge in [0.25, 0.3) is 0 Å². The monoisotopic (exact) mass is 632 g/mol. The van der Waals surface area contributed by atoms with Crippen molar-refractivity contribution in [3.05, 3.63) is 156 Å². The lowest BCUT2D eigenvalue weighted by Gasteiger charge is -2.37. The molecule has 0 amide bonds. The van der Waals surface area contributed by atoms with E-state index >= 15 is 0 Å². The van der Waals surface area contributed by atoms with Gasteiger partial charge in [-0.1, -0.05) is 111 Å². The minimum atomic E-state index is -0.152. The molecule has 49 heavy (non-hydrogen) atoms. The van der Waals surface area contributed by atoms with Gasteiger partial charge in [0.2, 0.25) is 0 Å². The van der Waals surface area contributed by atoms with Crippen molar-refractivity contribution in [3.8, 4) is 33.8 Å². The van der Waals surface area contributed by atoms with Crippen LogP contribution in [0.15, 0.2) is 145 Å². The molecule has 2 aliphatic carbocycles. The first-order valence-corrected chi connectivity index (χ1v) is 17.1. The Balaban J connectivity index is 1.22. The van der Waals surface area contributed by atoms with E-state index in [-0.39, 0.29) is 11.5 Å². The molecule has 0 radical (unpaired) electrons. The summed E-state index contributed by atoms with van der Waals surface area (Å²) in [6, 6.07) is 46.2. The second kappa shape index (κ2) is 9.55. The van der Waals surface area contributed by atoms with Crippen molar-refractivity contribution < 1.29 is 9.47 Å². The van der Waals surface area contributed by atoms with Crippen LogP contribution in [0.5, 0.6) is 11.5 Å². The smallest absolute Gasteiger partial charge is 0.168 e. The van der Waals surface area contributed by atoms with Gasteiger partial charge in [-0.3, -0.25) is 4.57 Å². The average molecular weight is 633 g/mol. The predicted octanol–water partition coefficient (Wildman–Crippen LogP) is 11.5. The van der Waals surface area contributed by atoms with Crippen LogP contribution in [0.1, 0.15) is 31.4 Å². The van der Waals surface area contributed by atoms with Gasteiger partial charge in [-0.15, -0.1) is 0 Å². The zero-order valence-electron chi connectivity index (χ0n) is 27.3. The van der Waals surface area contributed by atoms with Crippen LogP contribution < -0.4 is 14.4 Å². The lowest BCUT2D eigenvalue weighted by Crippen LogP contribution is -2.31. The fourth-order valence-corrected chi connectivity index (χ4v) is 8.83. The number of benzene rings is 6. The molecule has 3 heterocycles. The maximum atomic E-state index is 7.17. The molecule has 4 heteroatoms. The summed E-state index contributed by atoms with van der Waals surface area (Å²) >= 11 is 0. The fourth-order valence-electron chi connectivity index (χ4n) is 8.83. The zero-order chi connectivity index (χ0) is 32.4. The third-order valence-corrected chi connectivity index (χ3v) is 11.0. The van der Waals surface area contributed by atoms with E-state index in [4.69, 9.17) is 9.47 Å². The van der Waals surface area contributed by atoms with E-state index in [1.807, 2.05) is 0 Å². The van der Waals surface area contributed by atoms with Crippen molar-refractivity contribution >= 4 is 44.6 Å². The largest absolute Gasteiger partial charge is 0.479 e. The number of nitrogens with zero attached hydrogens (tertiary/aromatic N) is 2. The molecule has 4 aliphatic rings. The topological polar surface area (TPSA) is 26.6 Å². The molecule has 11 rings (SSSR count). The Bertz CT molecular complexity index is 2620. The lowest BCUT2D eigenvalue weighted by molar-refractivity contribution is 0.242. The first kappa shape index (κ1) is 27.0. The van der Waals surface area contributed by atoms with Crippen LogP contribution in [0.4, 0.5) is 17.1 Å². The molecule has 0 saturated carbocycles. The van der Waals surface area contributed by atoms with Crippen molar-refractivity contribution in [2.24, 2.45) is 0 Å². The van der Waals surface area contributed by atoms with Gasteiger partial charge < -0.3 is 14.4 Å². The van der Waals surface area contributed by atoms with Gasteiger partial charge in [-0.2, -0.15) is 0 Å². The molecule has 0 fully saturated rings. The number of allylic oxidation sites excluding steroid dienone is 1. The van der Waals surface area contributed by atoms with Crippen LogP contribution in [-0.4, -0.2) is 10.7 Å². The summed E-state index contributed by atoms with van der Waals surface area (Å²) in [7, 11) is 0. The fraction of sp³-hybridized carbons (Fsp3) is 0.111. The number of hydrogen-bond donors (Lipinski definition) is 0. The Morgan fingerprint density at radius 1 is 0.673 bits per heavy atom. The van der Waals surface area contributed by atoms with E-state index in [2.05, 4.69) is 163 Å². The number of ether oxygens (including phenoxy) is 2. The molecule has 234 valence electrons. The predicted molar refractivity (Wildman–Crippen MR) is 199 cm³/mol. The maximum Gasteiger partial charge on any atom is 0.168 e. The average Bonchev–Trinajstić information content (AvgIpc) is 3.60. The Kier molecular flexibility index (Phi) is 5.26. The molecule has 1 unspecified atom stereocenters. The third kappa shape index (κ3) is 3.53. The third-order valence-electron chi connectivity index (χ3n) is 11.0. The highest BCUT2D eigenvalue weighted by atomic mass is 16.5. The van der Waals surface area contributed by atoms with Crippen LogP contribution in [0, 0.1) is 0 Å². The van der Waals surface area contributed by atoms with E-state index in [9.17, 15) is 0 Å². The van der Waals surface area contributed by atoms with Gasteiger partial charge in [-0.05, 0) is 70.3 Å². The molecule has 6 aromatic carbocycles. The first-order chi connectivity index (χ1) is 24.1. The number of aromatic nitrogens is 1. The molecular weight excluding hydrogens is 601 g/mol. The van der Waals surface area contributed by atoms with E-state index in [0.29, 0.717) is 0 Å². The molecule has 0 spiro atoms. The summed E-state index contributed by atoms with van der Waals surface area (Å²) in [5.74, 6) is 2.66. The van der Waals surface area contributed by atoms with Gasteiger partial charge in [0.15, 0.2) is 17.3 Å². The summed E-state index contributed by atoms with van der Waals surface area (Å²) in [5.41, 5.74) is 14.1. The Morgan fingerprint density at radius 3 is 2.35 bits per heavy atom. The number of fused-ring (bicyclic) bond motifs is 4. The summed E-state index contributed by atoms with van der Waals surface area (Å²) in [4.78, 5) is 2.43. The molecular formula is C45H32N2O2. The highest BCUT2D eigenvalue weighted by Crippen LogP contribution is 2.56. The minimum absolute atomic E-state index is 0.133. The van der Waals surface area contributed by atoms with Crippen molar-refractivity contribution in [1.29, 1.82) is 0 Å². The molecule has 4 nitrogen and oxygen atoms in total. The van der Waals surface area contributed by atoms with Gasteiger partial charge in [-0.25, -0.2) is 0 Å². The molecule has 7 aromatic rings. The molecule has 2 aliphatic heterocycles. The highest BCUT2D eigenvalue weighted by Gasteiger charge is 2.40.